The van der Waals surface area contributed by atoms with Crippen LogP contribution >= 0.6 is 0 Å². The summed E-state index contributed by atoms with van der Waals surface area (Å²) in [6.45, 7) is 2.14. The maximum Gasteiger partial charge on any atom is 0.274 e. The first-order valence-electron chi connectivity index (χ1n) is 5.09. The number of halogens is 1. The van der Waals surface area contributed by atoms with Crippen LogP contribution in [0, 0.1) is 11.7 Å². The SMILES string of the molecule is C[C@H]1COc2cc(F)ccc2[C@H]1NS(N)(=O)=O. The molecule has 2 atom stereocenters. The molecule has 0 aliphatic carbocycles. The van der Waals surface area contributed by atoms with Crippen molar-refractivity contribution in [3.63, 3.8) is 0 Å². The van der Waals surface area contributed by atoms with Gasteiger partial charge in [0.25, 0.3) is 10.2 Å². The number of hydrogen-bond donors (Lipinski definition) is 2. The molecule has 0 fully saturated rings. The Kier molecular flexibility index (Phi) is 3.07. The summed E-state index contributed by atoms with van der Waals surface area (Å²) >= 11 is 0. The van der Waals surface area contributed by atoms with E-state index in [1.54, 1.807) is 0 Å². The Morgan fingerprint density at radius 2 is 2.24 bits per heavy atom. The van der Waals surface area contributed by atoms with Crippen LogP contribution in [0.3, 0.4) is 0 Å². The maximum atomic E-state index is 13.0. The average molecular weight is 260 g/mol. The predicted molar refractivity (Wildman–Crippen MR) is 60.0 cm³/mol. The number of nitrogens with two attached hydrogens (primary N) is 1. The van der Waals surface area contributed by atoms with Crippen molar-refractivity contribution in [1.82, 2.24) is 4.72 Å². The van der Waals surface area contributed by atoms with Crippen LogP contribution in [0.2, 0.25) is 0 Å². The summed E-state index contributed by atoms with van der Waals surface area (Å²) < 4.78 is 42.8. The lowest BCUT2D eigenvalue weighted by atomic mass is 9.93. The zero-order valence-electron chi connectivity index (χ0n) is 9.18. The second-order valence-corrected chi connectivity index (χ2v) is 5.44. The Hall–Kier alpha value is -1.18. The van der Waals surface area contributed by atoms with Gasteiger partial charge in [0.1, 0.15) is 11.6 Å². The molecule has 7 heteroatoms. The number of ether oxygens (including phenoxy) is 1. The van der Waals surface area contributed by atoms with Crippen LogP contribution in [-0.4, -0.2) is 15.0 Å². The molecule has 0 radical (unpaired) electrons. The summed E-state index contributed by atoms with van der Waals surface area (Å²) in [5, 5.41) is 4.96. The van der Waals surface area contributed by atoms with Crippen molar-refractivity contribution in [3.05, 3.63) is 29.6 Å². The Morgan fingerprint density at radius 3 is 2.88 bits per heavy atom. The van der Waals surface area contributed by atoms with Crippen LogP contribution < -0.4 is 14.6 Å². The molecule has 17 heavy (non-hydrogen) atoms. The summed E-state index contributed by atoms with van der Waals surface area (Å²) in [5.41, 5.74) is 0.596. The minimum Gasteiger partial charge on any atom is -0.493 e. The largest absolute Gasteiger partial charge is 0.493 e. The highest BCUT2D eigenvalue weighted by molar-refractivity contribution is 7.87. The maximum absolute atomic E-state index is 13.0. The third-order valence-corrected chi connectivity index (χ3v) is 3.26. The fourth-order valence-corrected chi connectivity index (χ4v) is 2.58. The van der Waals surface area contributed by atoms with Gasteiger partial charge < -0.3 is 4.74 Å². The molecule has 1 aromatic rings. The van der Waals surface area contributed by atoms with E-state index in [0.717, 1.165) is 0 Å². The van der Waals surface area contributed by atoms with Crippen LogP contribution in [0.1, 0.15) is 18.5 Å². The third-order valence-electron chi connectivity index (χ3n) is 2.67. The quantitative estimate of drug-likeness (QED) is 0.820. The van der Waals surface area contributed by atoms with Gasteiger partial charge in [-0.05, 0) is 6.07 Å². The Morgan fingerprint density at radius 1 is 1.53 bits per heavy atom. The summed E-state index contributed by atoms with van der Waals surface area (Å²) in [5.74, 6) is -0.150. The first kappa shape index (κ1) is 12.3. The third kappa shape index (κ3) is 2.74. The van der Waals surface area contributed by atoms with E-state index in [0.29, 0.717) is 17.9 Å². The van der Waals surface area contributed by atoms with Crippen molar-refractivity contribution in [2.45, 2.75) is 13.0 Å². The first-order valence-corrected chi connectivity index (χ1v) is 6.64. The van der Waals surface area contributed by atoms with Crippen LogP contribution in [0.25, 0.3) is 0 Å². The Balaban J connectivity index is 2.40. The van der Waals surface area contributed by atoms with Gasteiger partial charge in [0.15, 0.2) is 0 Å². The molecule has 0 saturated heterocycles. The van der Waals surface area contributed by atoms with E-state index in [1.807, 2.05) is 6.92 Å². The topological polar surface area (TPSA) is 81.4 Å². The van der Waals surface area contributed by atoms with Gasteiger partial charge in [0.05, 0.1) is 12.6 Å². The normalized spacial score (nSPS) is 23.9. The van der Waals surface area contributed by atoms with Gasteiger partial charge in [-0.15, -0.1) is 0 Å². The highest BCUT2D eigenvalue weighted by Gasteiger charge is 2.30. The molecule has 0 unspecified atom stereocenters. The fraction of sp³-hybridized carbons (Fsp3) is 0.400. The number of benzene rings is 1. The molecule has 0 amide bonds. The molecule has 1 heterocycles. The van der Waals surface area contributed by atoms with Crippen molar-refractivity contribution < 1.29 is 17.5 Å². The highest BCUT2D eigenvalue weighted by atomic mass is 32.2. The molecule has 5 nitrogen and oxygen atoms in total. The molecule has 1 aliphatic heterocycles. The molecule has 1 aliphatic rings. The molecular weight excluding hydrogens is 247 g/mol. The van der Waals surface area contributed by atoms with Crippen LogP contribution in [0.4, 0.5) is 4.39 Å². The zero-order chi connectivity index (χ0) is 12.6. The monoisotopic (exact) mass is 260 g/mol. The molecule has 3 N–H and O–H groups in total. The van der Waals surface area contributed by atoms with Crippen molar-refractivity contribution in [2.75, 3.05) is 6.61 Å². The lowest BCUT2D eigenvalue weighted by Gasteiger charge is -2.31. The van der Waals surface area contributed by atoms with Crippen LogP contribution in [0.5, 0.6) is 5.75 Å². The van der Waals surface area contributed by atoms with E-state index < -0.39 is 22.1 Å². The lowest BCUT2D eigenvalue weighted by Crippen LogP contribution is -2.40. The van der Waals surface area contributed by atoms with Gasteiger partial charge >= 0.3 is 0 Å². The van der Waals surface area contributed by atoms with E-state index in [-0.39, 0.29) is 5.92 Å². The molecule has 94 valence electrons. The number of fused-ring (bicyclic) bond motifs is 1. The van der Waals surface area contributed by atoms with Gasteiger partial charge in [-0.1, -0.05) is 13.0 Å². The standard InChI is InChI=1S/C10H13FN2O3S/c1-6-5-16-9-4-7(11)2-3-8(9)10(6)13-17(12,14)15/h2-4,6,10,13H,5H2,1H3,(H2,12,14,15)/t6-,10-/m0/s1. The van der Waals surface area contributed by atoms with Gasteiger partial charge in [-0.25, -0.2) is 9.53 Å². The van der Waals surface area contributed by atoms with Gasteiger partial charge in [-0.2, -0.15) is 13.1 Å². The van der Waals surface area contributed by atoms with Crippen molar-refractivity contribution in [1.29, 1.82) is 0 Å². The number of hydrogen-bond acceptors (Lipinski definition) is 3. The second-order valence-electron chi connectivity index (χ2n) is 4.11. The van der Waals surface area contributed by atoms with Crippen molar-refractivity contribution in [3.8, 4) is 5.75 Å². The predicted octanol–water partition coefficient (Wildman–Crippen LogP) is 0.688. The summed E-state index contributed by atoms with van der Waals surface area (Å²) in [6, 6.07) is 3.51. The average Bonchev–Trinajstić information content (AvgIpc) is 2.21. The second kappa shape index (κ2) is 4.25. The van der Waals surface area contributed by atoms with Crippen molar-refractivity contribution >= 4 is 10.2 Å². The van der Waals surface area contributed by atoms with Crippen molar-refractivity contribution in [2.24, 2.45) is 11.1 Å². The number of rotatable bonds is 2. The van der Waals surface area contributed by atoms with E-state index in [1.165, 1.54) is 18.2 Å². The molecule has 0 saturated carbocycles. The van der Waals surface area contributed by atoms with Gasteiger partial charge in [0, 0.05) is 17.5 Å². The summed E-state index contributed by atoms with van der Waals surface area (Å²) in [4.78, 5) is 0. The van der Waals surface area contributed by atoms with Crippen LogP contribution in [-0.2, 0) is 10.2 Å². The molecular formula is C10H13FN2O3S. The zero-order valence-corrected chi connectivity index (χ0v) is 10.00. The Bertz CT molecular complexity index is 532. The van der Waals surface area contributed by atoms with Crippen LogP contribution in [0.15, 0.2) is 18.2 Å². The van der Waals surface area contributed by atoms with Gasteiger partial charge in [-0.3, -0.25) is 0 Å². The summed E-state index contributed by atoms with van der Waals surface area (Å²) in [6.07, 6.45) is 0. The fourth-order valence-electron chi connectivity index (χ4n) is 1.87. The smallest absolute Gasteiger partial charge is 0.274 e. The molecule has 0 aromatic heterocycles. The summed E-state index contributed by atoms with van der Waals surface area (Å²) in [7, 11) is -3.81. The molecule has 1 aromatic carbocycles. The molecule has 0 bridgehead atoms. The van der Waals surface area contributed by atoms with E-state index in [4.69, 9.17) is 9.88 Å². The highest BCUT2D eigenvalue weighted by Crippen LogP contribution is 2.35. The lowest BCUT2D eigenvalue weighted by molar-refractivity contribution is 0.199. The number of nitrogens with one attached hydrogen (secondary N) is 1. The van der Waals surface area contributed by atoms with E-state index >= 15 is 0 Å². The van der Waals surface area contributed by atoms with E-state index in [9.17, 15) is 12.8 Å². The Labute approximate surface area is 99.0 Å². The molecule has 2 rings (SSSR count). The minimum absolute atomic E-state index is 0.0775. The first-order chi connectivity index (χ1) is 7.87. The van der Waals surface area contributed by atoms with E-state index in [2.05, 4.69) is 4.72 Å². The van der Waals surface area contributed by atoms with Gasteiger partial charge in [0.2, 0.25) is 0 Å². The minimum atomic E-state index is -3.81. The molecule has 0 spiro atoms.